The van der Waals surface area contributed by atoms with Gasteiger partial charge in [0.05, 0.1) is 25.3 Å². The highest BCUT2D eigenvalue weighted by Crippen LogP contribution is 2.23. The van der Waals surface area contributed by atoms with Gasteiger partial charge < -0.3 is 15.2 Å². The number of aliphatic carboxylic acids is 1. The summed E-state index contributed by atoms with van der Waals surface area (Å²) in [6.45, 7) is 0. The average molecular weight is 394 g/mol. The first kappa shape index (κ1) is 20.0. The van der Waals surface area contributed by atoms with Crippen LogP contribution in [0.5, 0.6) is 5.75 Å². The maximum atomic E-state index is 14.0. The summed E-state index contributed by atoms with van der Waals surface area (Å²) in [5, 5.41) is 11.9. The van der Waals surface area contributed by atoms with E-state index in [0.29, 0.717) is 17.0 Å². The Kier molecular flexibility index (Phi) is 6.19. The van der Waals surface area contributed by atoms with Crippen molar-refractivity contribution in [2.24, 2.45) is 0 Å². The lowest BCUT2D eigenvalue weighted by atomic mass is 10.0. The van der Waals surface area contributed by atoms with E-state index in [1.807, 2.05) is 0 Å². The standard InChI is InChI=1S/C22H19FN2O4/c1-29-15-11-9-14(10-12-15)20(13-21(26)27)25-22(28)19-8-4-7-18(24-19)16-5-2-3-6-17(16)23/h2-12,20H,13H2,1H3,(H,25,28)(H,26,27). The number of nitrogens with zero attached hydrogens (tertiary/aromatic N) is 1. The maximum Gasteiger partial charge on any atom is 0.305 e. The molecule has 0 saturated carbocycles. The van der Waals surface area contributed by atoms with E-state index >= 15 is 0 Å². The van der Waals surface area contributed by atoms with Crippen LogP contribution < -0.4 is 10.1 Å². The summed E-state index contributed by atoms with van der Waals surface area (Å²) < 4.78 is 19.1. The summed E-state index contributed by atoms with van der Waals surface area (Å²) in [4.78, 5) is 28.2. The normalized spacial score (nSPS) is 11.5. The number of aromatic nitrogens is 1. The fourth-order valence-corrected chi connectivity index (χ4v) is 2.88. The molecule has 0 saturated heterocycles. The van der Waals surface area contributed by atoms with Gasteiger partial charge in [-0.2, -0.15) is 0 Å². The monoisotopic (exact) mass is 394 g/mol. The number of benzene rings is 2. The molecule has 0 radical (unpaired) electrons. The molecule has 0 fully saturated rings. The zero-order valence-electron chi connectivity index (χ0n) is 15.6. The molecule has 0 aliphatic carbocycles. The Morgan fingerprint density at radius 2 is 1.79 bits per heavy atom. The lowest BCUT2D eigenvalue weighted by Gasteiger charge is -2.18. The summed E-state index contributed by atoms with van der Waals surface area (Å²) >= 11 is 0. The number of halogens is 1. The number of methoxy groups -OCH3 is 1. The molecule has 3 aromatic rings. The Balaban J connectivity index is 1.85. The van der Waals surface area contributed by atoms with Gasteiger partial charge in [0, 0.05) is 5.56 Å². The smallest absolute Gasteiger partial charge is 0.305 e. The average Bonchev–Trinajstić information content (AvgIpc) is 2.73. The van der Waals surface area contributed by atoms with Crippen LogP contribution in [-0.2, 0) is 4.79 Å². The molecule has 148 valence electrons. The van der Waals surface area contributed by atoms with E-state index in [9.17, 15) is 19.1 Å². The largest absolute Gasteiger partial charge is 0.497 e. The molecule has 0 spiro atoms. The Morgan fingerprint density at radius 1 is 1.07 bits per heavy atom. The van der Waals surface area contributed by atoms with Crippen molar-refractivity contribution in [3.8, 4) is 17.0 Å². The van der Waals surface area contributed by atoms with E-state index in [-0.39, 0.29) is 17.7 Å². The van der Waals surface area contributed by atoms with E-state index in [2.05, 4.69) is 10.3 Å². The van der Waals surface area contributed by atoms with Crippen molar-refractivity contribution in [2.75, 3.05) is 7.11 Å². The molecule has 7 heteroatoms. The number of carboxylic acid groups (broad SMARTS) is 1. The predicted molar refractivity (Wildman–Crippen MR) is 105 cm³/mol. The van der Waals surface area contributed by atoms with Gasteiger partial charge in [0.15, 0.2) is 0 Å². The topological polar surface area (TPSA) is 88.5 Å². The summed E-state index contributed by atoms with van der Waals surface area (Å²) in [6, 6.07) is 16.8. The quantitative estimate of drug-likeness (QED) is 0.636. The minimum Gasteiger partial charge on any atom is -0.497 e. The summed E-state index contributed by atoms with van der Waals surface area (Å²) in [6.07, 6.45) is -0.301. The molecule has 6 nitrogen and oxygen atoms in total. The molecular formula is C22H19FN2O4. The van der Waals surface area contributed by atoms with Crippen LogP contribution in [-0.4, -0.2) is 29.1 Å². The minimum atomic E-state index is -1.06. The zero-order valence-corrected chi connectivity index (χ0v) is 15.6. The highest BCUT2D eigenvalue weighted by atomic mass is 19.1. The molecule has 3 rings (SSSR count). The van der Waals surface area contributed by atoms with Gasteiger partial charge in [-0.05, 0) is 42.0 Å². The number of carbonyl (C=O) groups is 2. The van der Waals surface area contributed by atoms with Crippen molar-refractivity contribution >= 4 is 11.9 Å². The molecule has 1 aromatic heterocycles. The molecular weight excluding hydrogens is 375 g/mol. The summed E-state index contributed by atoms with van der Waals surface area (Å²) in [5.74, 6) is -1.43. The van der Waals surface area contributed by atoms with Crippen LogP contribution in [0.1, 0.15) is 28.5 Å². The fourth-order valence-electron chi connectivity index (χ4n) is 2.88. The minimum absolute atomic E-state index is 0.0645. The highest BCUT2D eigenvalue weighted by Gasteiger charge is 2.20. The molecule has 2 N–H and O–H groups in total. The van der Waals surface area contributed by atoms with Gasteiger partial charge in [0.25, 0.3) is 5.91 Å². The van der Waals surface area contributed by atoms with Crippen molar-refractivity contribution in [1.82, 2.24) is 10.3 Å². The van der Waals surface area contributed by atoms with Crippen molar-refractivity contribution in [3.63, 3.8) is 0 Å². The summed E-state index contributed by atoms with van der Waals surface area (Å²) in [7, 11) is 1.53. The molecule has 1 amide bonds. The zero-order chi connectivity index (χ0) is 20.8. The molecule has 2 aromatic carbocycles. The number of nitrogens with one attached hydrogen (secondary N) is 1. The molecule has 0 aliphatic rings. The molecule has 29 heavy (non-hydrogen) atoms. The first-order chi connectivity index (χ1) is 14.0. The highest BCUT2D eigenvalue weighted by molar-refractivity contribution is 5.93. The molecule has 0 bridgehead atoms. The van der Waals surface area contributed by atoms with Crippen LogP contribution in [0.4, 0.5) is 4.39 Å². The number of hydrogen-bond donors (Lipinski definition) is 2. The second-order valence-electron chi connectivity index (χ2n) is 6.28. The van der Waals surface area contributed by atoms with E-state index in [4.69, 9.17) is 4.74 Å². The van der Waals surface area contributed by atoms with Crippen LogP contribution in [0.15, 0.2) is 66.7 Å². The Morgan fingerprint density at radius 3 is 2.45 bits per heavy atom. The SMILES string of the molecule is COc1ccc(C(CC(=O)O)NC(=O)c2cccc(-c3ccccc3F)n2)cc1. The lowest BCUT2D eigenvalue weighted by molar-refractivity contribution is -0.137. The third-order valence-corrected chi connectivity index (χ3v) is 4.33. The van der Waals surface area contributed by atoms with Gasteiger partial charge in [-0.15, -0.1) is 0 Å². The van der Waals surface area contributed by atoms with Crippen LogP contribution in [0.25, 0.3) is 11.3 Å². The van der Waals surface area contributed by atoms with E-state index < -0.39 is 23.7 Å². The second kappa shape index (κ2) is 8.97. The third-order valence-electron chi connectivity index (χ3n) is 4.33. The first-order valence-corrected chi connectivity index (χ1v) is 8.86. The number of carboxylic acids is 1. The molecule has 1 unspecified atom stereocenters. The number of amides is 1. The van der Waals surface area contributed by atoms with Gasteiger partial charge >= 0.3 is 5.97 Å². The molecule has 1 heterocycles. The van der Waals surface area contributed by atoms with Gasteiger partial charge in [-0.1, -0.05) is 30.3 Å². The van der Waals surface area contributed by atoms with Crippen LogP contribution in [0.3, 0.4) is 0 Å². The summed E-state index contributed by atoms with van der Waals surface area (Å²) in [5.41, 5.74) is 1.27. The Labute approximate surface area is 167 Å². The van der Waals surface area contributed by atoms with Gasteiger partial charge in [0.1, 0.15) is 17.3 Å². The van der Waals surface area contributed by atoms with Gasteiger partial charge in [0.2, 0.25) is 0 Å². The van der Waals surface area contributed by atoms with Crippen LogP contribution in [0, 0.1) is 5.82 Å². The molecule has 0 aliphatic heterocycles. The van der Waals surface area contributed by atoms with Crippen LogP contribution in [0.2, 0.25) is 0 Å². The van der Waals surface area contributed by atoms with Crippen LogP contribution >= 0.6 is 0 Å². The van der Waals surface area contributed by atoms with Crippen molar-refractivity contribution in [1.29, 1.82) is 0 Å². The number of rotatable bonds is 7. The number of pyridine rings is 1. The Hall–Kier alpha value is -3.74. The fraction of sp³-hybridized carbons (Fsp3) is 0.136. The lowest BCUT2D eigenvalue weighted by Crippen LogP contribution is -2.30. The van der Waals surface area contributed by atoms with Crippen molar-refractivity contribution in [2.45, 2.75) is 12.5 Å². The Bertz CT molecular complexity index is 1020. The first-order valence-electron chi connectivity index (χ1n) is 8.86. The second-order valence-corrected chi connectivity index (χ2v) is 6.28. The third kappa shape index (κ3) is 4.95. The molecule has 1 atom stereocenters. The van der Waals surface area contributed by atoms with Crippen molar-refractivity contribution in [3.05, 3.63) is 83.8 Å². The van der Waals surface area contributed by atoms with E-state index in [1.54, 1.807) is 54.6 Å². The number of ether oxygens (including phenoxy) is 1. The van der Waals surface area contributed by atoms with E-state index in [1.165, 1.54) is 19.2 Å². The van der Waals surface area contributed by atoms with Gasteiger partial charge in [-0.3, -0.25) is 9.59 Å². The van der Waals surface area contributed by atoms with Gasteiger partial charge in [-0.25, -0.2) is 9.37 Å². The number of carbonyl (C=O) groups excluding carboxylic acids is 1. The maximum absolute atomic E-state index is 14.0. The predicted octanol–water partition coefficient (Wildman–Crippen LogP) is 3.84. The van der Waals surface area contributed by atoms with Crippen molar-refractivity contribution < 1.29 is 23.8 Å². The van der Waals surface area contributed by atoms with E-state index in [0.717, 1.165) is 0 Å². The number of hydrogen-bond acceptors (Lipinski definition) is 4.